The molecule has 1 unspecified atom stereocenters. The summed E-state index contributed by atoms with van der Waals surface area (Å²) in [7, 11) is 0. The van der Waals surface area contributed by atoms with Crippen LogP contribution in [0.1, 0.15) is 239 Å². The summed E-state index contributed by atoms with van der Waals surface area (Å²) in [5, 5.41) is 0. The van der Waals surface area contributed by atoms with Crippen LogP contribution in [0.3, 0.4) is 0 Å². The molecule has 0 amide bonds. The third-order valence-corrected chi connectivity index (χ3v) is 10.6. The molecule has 0 aliphatic heterocycles. The van der Waals surface area contributed by atoms with Crippen molar-refractivity contribution < 1.29 is 28.6 Å². The fourth-order valence-corrected chi connectivity index (χ4v) is 6.77. The van der Waals surface area contributed by atoms with Crippen molar-refractivity contribution in [2.24, 2.45) is 0 Å². The van der Waals surface area contributed by atoms with E-state index in [1.165, 1.54) is 57.8 Å². The van der Waals surface area contributed by atoms with Gasteiger partial charge in [0.15, 0.2) is 6.10 Å². The molecule has 0 aliphatic carbocycles. The molecule has 0 saturated carbocycles. The molecule has 350 valence electrons. The maximum absolute atomic E-state index is 12.8. The Morgan fingerprint density at radius 1 is 0.328 bits per heavy atom. The number of carbonyl (C=O) groups excluding carboxylic acids is 3. The van der Waals surface area contributed by atoms with Gasteiger partial charge >= 0.3 is 17.9 Å². The highest BCUT2D eigenvalue weighted by Gasteiger charge is 2.19. The van der Waals surface area contributed by atoms with Crippen molar-refractivity contribution in [3.63, 3.8) is 0 Å². The second kappa shape index (κ2) is 49.5. The molecule has 0 radical (unpaired) electrons. The maximum atomic E-state index is 12.8. The maximum Gasteiger partial charge on any atom is 0.306 e. The van der Waals surface area contributed by atoms with Crippen LogP contribution in [0.25, 0.3) is 0 Å². The highest BCUT2D eigenvalue weighted by molar-refractivity contribution is 5.71. The van der Waals surface area contributed by atoms with Gasteiger partial charge in [-0.3, -0.25) is 14.4 Å². The third kappa shape index (κ3) is 47.7. The minimum atomic E-state index is -0.793. The second-order valence-electron chi connectivity index (χ2n) is 16.7. The Kier molecular flexibility index (Phi) is 46.9. The molecular formula is C55H94O6. The molecule has 0 aromatic carbocycles. The second-order valence-corrected chi connectivity index (χ2v) is 16.7. The molecule has 0 bridgehead atoms. The molecule has 0 aromatic heterocycles. The fraction of sp³-hybridized carbons (Fsp3) is 0.727. The molecule has 61 heavy (non-hydrogen) atoms. The van der Waals surface area contributed by atoms with Gasteiger partial charge in [-0.1, -0.05) is 184 Å². The molecule has 0 saturated heterocycles. The zero-order valence-electron chi connectivity index (χ0n) is 39.9. The van der Waals surface area contributed by atoms with E-state index in [4.69, 9.17) is 14.2 Å². The van der Waals surface area contributed by atoms with E-state index in [1.807, 2.05) is 0 Å². The number of hydrogen-bond acceptors (Lipinski definition) is 6. The number of hydrogen-bond donors (Lipinski definition) is 0. The Bertz CT molecular complexity index is 1160. The van der Waals surface area contributed by atoms with Crippen LogP contribution >= 0.6 is 0 Å². The predicted molar refractivity (Wildman–Crippen MR) is 261 cm³/mol. The van der Waals surface area contributed by atoms with E-state index in [-0.39, 0.29) is 31.1 Å². The Morgan fingerprint density at radius 2 is 0.623 bits per heavy atom. The Balaban J connectivity index is 4.46. The largest absolute Gasteiger partial charge is 0.462 e. The number of esters is 3. The molecule has 1 atom stereocenters. The van der Waals surface area contributed by atoms with Crippen molar-refractivity contribution in [2.75, 3.05) is 13.2 Å². The highest BCUT2D eigenvalue weighted by atomic mass is 16.6. The summed E-state index contributed by atoms with van der Waals surface area (Å²) in [6, 6.07) is 0. The van der Waals surface area contributed by atoms with E-state index < -0.39 is 6.10 Å². The van der Waals surface area contributed by atoms with E-state index in [2.05, 4.69) is 93.7 Å². The normalized spacial score (nSPS) is 12.6. The van der Waals surface area contributed by atoms with Gasteiger partial charge in [0, 0.05) is 19.3 Å². The SMILES string of the molecule is CCC/C=C\C/C=C\CCCCCCCC(=O)OCC(COC(=O)CCCCCCC/C=C\C/C=C\CCCCC)OC(=O)CCCCCCC/C=C\C/C=C\CCCCC. The lowest BCUT2D eigenvalue weighted by atomic mass is 10.1. The summed E-state index contributed by atoms with van der Waals surface area (Å²) in [5.41, 5.74) is 0. The van der Waals surface area contributed by atoms with Crippen LogP contribution in [0.2, 0.25) is 0 Å². The first-order valence-electron chi connectivity index (χ1n) is 25.4. The lowest BCUT2D eigenvalue weighted by molar-refractivity contribution is -0.167. The van der Waals surface area contributed by atoms with Crippen molar-refractivity contribution in [1.82, 2.24) is 0 Å². The van der Waals surface area contributed by atoms with Gasteiger partial charge < -0.3 is 14.2 Å². The van der Waals surface area contributed by atoms with Gasteiger partial charge in [-0.05, 0) is 109 Å². The number of ether oxygens (including phenoxy) is 3. The van der Waals surface area contributed by atoms with Gasteiger partial charge in [0.2, 0.25) is 0 Å². The molecule has 6 nitrogen and oxygen atoms in total. The first-order chi connectivity index (χ1) is 30.0. The van der Waals surface area contributed by atoms with Gasteiger partial charge in [-0.25, -0.2) is 0 Å². The van der Waals surface area contributed by atoms with Crippen molar-refractivity contribution in [2.45, 2.75) is 245 Å². The van der Waals surface area contributed by atoms with Crippen LogP contribution < -0.4 is 0 Å². The Labute approximate surface area is 376 Å². The summed E-state index contributed by atoms with van der Waals surface area (Å²) >= 11 is 0. The van der Waals surface area contributed by atoms with Crippen LogP contribution in [-0.4, -0.2) is 37.2 Å². The molecule has 0 aliphatic rings. The van der Waals surface area contributed by atoms with Gasteiger partial charge in [0.25, 0.3) is 0 Å². The summed E-state index contributed by atoms with van der Waals surface area (Å²) in [6.07, 6.45) is 61.6. The van der Waals surface area contributed by atoms with Gasteiger partial charge in [0.05, 0.1) is 0 Å². The highest BCUT2D eigenvalue weighted by Crippen LogP contribution is 2.13. The Morgan fingerprint density at radius 3 is 0.967 bits per heavy atom. The predicted octanol–water partition coefficient (Wildman–Crippen LogP) is 16.6. The minimum Gasteiger partial charge on any atom is -0.462 e. The third-order valence-electron chi connectivity index (χ3n) is 10.6. The van der Waals surface area contributed by atoms with Crippen molar-refractivity contribution in [3.8, 4) is 0 Å². The summed E-state index contributed by atoms with van der Waals surface area (Å²) in [6.45, 7) is 6.48. The number of allylic oxidation sites excluding steroid dienone is 12. The van der Waals surface area contributed by atoms with E-state index in [0.717, 1.165) is 141 Å². The summed E-state index contributed by atoms with van der Waals surface area (Å²) in [4.78, 5) is 37.9. The topological polar surface area (TPSA) is 78.9 Å². The smallest absolute Gasteiger partial charge is 0.306 e. The van der Waals surface area contributed by atoms with Crippen LogP contribution in [0.15, 0.2) is 72.9 Å². The van der Waals surface area contributed by atoms with Gasteiger partial charge in [-0.15, -0.1) is 0 Å². The first kappa shape index (κ1) is 57.9. The molecule has 0 spiro atoms. The molecule has 0 aromatic rings. The Hall–Kier alpha value is -3.15. The molecule has 6 heteroatoms. The molecule has 0 rings (SSSR count). The van der Waals surface area contributed by atoms with Gasteiger partial charge in [0.1, 0.15) is 13.2 Å². The van der Waals surface area contributed by atoms with Crippen molar-refractivity contribution >= 4 is 17.9 Å². The summed E-state index contributed by atoms with van der Waals surface area (Å²) in [5.74, 6) is -0.935. The lowest BCUT2D eigenvalue weighted by Crippen LogP contribution is -2.30. The van der Waals surface area contributed by atoms with Crippen LogP contribution in [0.4, 0.5) is 0 Å². The van der Waals surface area contributed by atoms with Crippen molar-refractivity contribution in [1.29, 1.82) is 0 Å². The van der Waals surface area contributed by atoms with E-state index in [9.17, 15) is 14.4 Å². The van der Waals surface area contributed by atoms with E-state index in [1.54, 1.807) is 0 Å². The molecular weight excluding hydrogens is 757 g/mol. The number of unbranched alkanes of at least 4 members (excludes halogenated alkanes) is 22. The average molecular weight is 851 g/mol. The fourth-order valence-electron chi connectivity index (χ4n) is 6.77. The molecule has 0 N–H and O–H groups in total. The van der Waals surface area contributed by atoms with Crippen LogP contribution in [-0.2, 0) is 28.6 Å². The van der Waals surface area contributed by atoms with E-state index >= 15 is 0 Å². The van der Waals surface area contributed by atoms with E-state index in [0.29, 0.717) is 19.3 Å². The van der Waals surface area contributed by atoms with Crippen LogP contribution in [0.5, 0.6) is 0 Å². The van der Waals surface area contributed by atoms with Crippen molar-refractivity contribution in [3.05, 3.63) is 72.9 Å². The standard InChI is InChI=1S/C55H94O6/c1-4-7-10-13-16-19-22-25-27-30-33-36-39-42-45-48-54(57)60-51-52(50-59-53(56)47-44-41-38-35-32-29-24-21-18-15-12-9-6-3)61-55(58)49-46-43-40-37-34-31-28-26-23-20-17-14-11-8-5-2/h12,15-17,19-21,24-28,52H,4-11,13-14,18,22-23,29-51H2,1-3H3/b15-12-,19-16-,20-17-,24-21-,27-25-,28-26-. The first-order valence-corrected chi connectivity index (χ1v) is 25.4. The van der Waals surface area contributed by atoms with Crippen LogP contribution in [0, 0.1) is 0 Å². The lowest BCUT2D eigenvalue weighted by Gasteiger charge is -2.18. The monoisotopic (exact) mass is 851 g/mol. The summed E-state index contributed by atoms with van der Waals surface area (Å²) < 4.78 is 16.8. The zero-order chi connectivity index (χ0) is 44.4. The quantitative estimate of drug-likeness (QED) is 0.0263. The number of rotatable bonds is 45. The molecule has 0 fully saturated rings. The number of carbonyl (C=O) groups is 3. The van der Waals surface area contributed by atoms with Gasteiger partial charge in [-0.2, -0.15) is 0 Å². The zero-order valence-corrected chi connectivity index (χ0v) is 39.9. The molecule has 0 heterocycles. The average Bonchev–Trinajstić information content (AvgIpc) is 3.26. The minimum absolute atomic E-state index is 0.0935.